The maximum atomic E-state index is 12.4. The van der Waals surface area contributed by atoms with Crippen LogP contribution >= 0.6 is 11.3 Å². The van der Waals surface area contributed by atoms with Gasteiger partial charge in [0.15, 0.2) is 0 Å². The minimum atomic E-state index is -0.415. The van der Waals surface area contributed by atoms with Gasteiger partial charge in [0.2, 0.25) is 0 Å². The molecule has 0 saturated heterocycles. The van der Waals surface area contributed by atoms with Crippen molar-refractivity contribution >= 4 is 17.2 Å². The molecule has 1 aromatic carbocycles. The van der Waals surface area contributed by atoms with Gasteiger partial charge in [-0.25, -0.2) is 4.98 Å². The van der Waals surface area contributed by atoms with E-state index in [1.807, 2.05) is 18.4 Å². The maximum absolute atomic E-state index is 12.4. The molecule has 0 saturated carbocycles. The molecule has 0 aliphatic heterocycles. The number of benzene rings is 1. The monoisotopic (exact) mass is 334 g/mol. The molecular weight excluding hydrogens is 312 g/mol. The molecule has 0 aliphatic carbocycles. The molecule has 0 radical (unpaired) electrons. The highest BCUT2D eigenvalue weighted by atomic mass is 32.1. The van der Waals surface area contributed by atoms with Gasteiger partial charge in [-0.1, -0.05) is 6.07 Å². The van der Waals surface area contributed by atoms with Crippen LogP contribution in [0.4, 0.5) is 0 Å². The van der Waals surface area contributed by atoms with E-state index in [4.69, 9.17) is 4.74 Å². The van der Waals surface area contributed by atoms with Gasteiger partial charge < -0.3 is 14.7 Å². The zero-order valence-electron chi connectivity index (χ0n) is 13.7. The van der Waals surface area contributed by atoms with Crippen LogP contribution in [0.1, 0.15) is 34.4 Å². The lowest BCUT2D eigenvalue weighted by Crippen LogP contribution is -2.29. The van der Waals surface area contributed by atoms with Crippen molar-refractivity contribution in [2.24, 2.45) is 0 Å². The highest BCUT2D eigenvalue weighted by Crippen LogP contribution is 2.17. The summed E-state index contributed by atoms with van der Waals surface area (Å²) in [6.07, 6.45) is 0.142. The number of carbonyl (C=O) groups excluding carboxylic acids is 1. The second-order valence-corrected chi connectivity index (χ2v) is 6.60. The van der Waals surface area contributed by atoms with Gasteiger partial charge in [0, 0.05) is 24.5 Å². The highest BCUT2D eigenvalue weighted by Gasteiger charge is 2.13. The molecule has 6 heteroatoms. The molecule has 124 valence electrons. The number of aryl methyl sites for hydroxylation is 1. The van der Waals surface area contributed by atoms with Crippen molar-refractivity contribution in [3.8, 4) is 5.75 Å². The number of thiazole rings is 1. The molecule has 1 atom stereocenters. The quantitative estimate of drug-likeness (QED) is 0.846. The summed E-state index contributed by atoms with van der Waals surface area (Å²) >= 11 is 1.59. The molecule has 0 spiro atoms. The van der Waals surface area contributed by atoms with Gasteiger partial charge in [0.25, 0.3) is 5.91 Å². The minimum absolute atomic E-state index is 0.0828. The third-order valence-electron chi connectivity index (χ3n) is 3.36. The summed E-state index contributed by atoms with van der Waals surface area (Å²) < 4.78 is 5.71. The van der Waals surface area contributed by atoms with E-state index < -0.39 is 6.10 Å². The third-order valence-corrected chi connectivity index (χ3v) is 4.19. The Morgan fingerprint density at radius 3 is 2.91 bits per heavy atom. The summed E-state index contributed by atoms with van der Waals surface area (Å²) in [5.74, 6) is 0.561. The van der Waals surface area contributed by atoms with Gasteiger partial charge in [-0.2, -0.15) is 0 Å². The third kappa shape index (κ3) is 5.33. The Kier molecular flexibility index (Phi) is 6.12. The van der Waals surface area contributed by atoms with Crippen molar-refractivity contribution in [2.45, 2.75) is 33.0 Å². The van der Waals surface area contributed by atoms with Gasteiger partial charge in [-0.15, -0.1) is 11.3 Å². The van der Waals surface area contributed by atoms with Crippen molar-refractivity contribution in [2.75, 3.05) is 13.6 Å². The summed E-state index contributed by atoms with van der Waals surface area (Å²) in [7, 11) is 1.73. The number of rotatable bonds is 7. The summed E-state index contributed by atoms with van der Waals surface area (Å²) in [6.45, 7) is 4.57. The van der Waals surface area contributed by atoms with Crippen molar-refractivity contribution in [1.82, 2.24) is 9.88 Å². The zero-order valence-corrected chi connectivity index (χ0v) is 14.5. The van der Waals surface area contributed by atoms with E-state index in [0.717, 1.165) is 10.7 Å². The Bertz CT molecular complexity index is 655. The Morgan fingerprint density at radius 1 is 1.48 bits per heavy atom. The average molecular weight is 334 g/mol. The summed E-state index contributed by atoms with van der Waals surface area (Å²) in [4.78, 5) is 18.3. The van der Waals surface area contributed by atoms with Gasteiger partial charge >= 0.3 is 0 Å². The normalized spacial score (nSPS) is 12.0. The number of amides is 1. The lowest BCUT2D eigenvalue weighted by Gasteiger charge is -2.18. The summed E-state index contributed by atoms with van der Waals surface area (Å²) in [5, 5.41) is 12.3. The van der Waals surface area contributed by atoms with Crippen LogP contribution in [0.15, 0.2) is 29.6 Å². The van der Waals surface area contributed by atoms with Gasteiger partial charge in [-0.3, -0.25) is 4.79 Å². The van der Waals surface area contributed by atoms with Crippen molar-refractivity contribution < 1.29 is 14.6 Å². The minimum Gasteiger partial charge on any atom is -0.487 e. The molecule has 23 heavy (non-hydrogen) atoms. The fraction of sp³-hybridized carbons (Fsp3) is 0.412. The molecule has 0 fully saturated rings. The van der Waals surface area contributed by atoms with E-state index in [9.17, 15) is 9.90 Å². The Labute approximate surface area is 140 Å². The molecule has 0 bridgehead atoms. The molecule has 2 rings (SSSR count). The predicted molar refractivity (Wildman–Crippen MR) is 90.9 cm³/mol. The second kappa shape index (κ2) is 8.08. The number of aliphatic hydroxyl groups is 1. The van der Waals surface area contributed by atoms with Crippen LogP contribution in [0.5, 0.6) is 5.75 Å². The van der Waals surface area contributed by atoms with Crippen LogP contribution in [-0.4, -0.2) is 40.6 Å². The lowest BCUT2D eigenvalue weighted by atomic mass is 10.2. The zero-order chi connectivity index (χ0) is 16.8. The maximum Gasteiger partial charge on any atom is 0.253 e. The van der Waals surface area contributed by atoms with Crippen LogP contribution < -0.4 is 4.74 Å². The largest absolute Gasteiger partial charge is 0.487 e. The van der Waals surface area contributed by atoms with Crippen LogP contribution in [-0.2, 0) is 6.61 Å². The van der Waals surface area contributed by atoms with Gasteiger partial charge in [0.05, 0.1) is 16.8 Å². The first kappa shape index (κ1) is 17.4. The average Bonchev–Trinajstić information content (AvgIpc) is 2.95. The van der Waals surface area contributed by atoms with E-state index in [1.54, 1.807) is 48.4 Å². The first-order chi connectivity index (χ1) is 11.0. The fourth-order valence-electron chi connectivity index (χ4n) is 2.05. The lowest BCUT2D eigenvalue weighted by molar-refractivity contribution is 0.0768. The molecule has 5 nitrogen and oxygen atoms in total. The molecule has 1 amide bonds. The molecular formula is C17H22N2O3S. The van der Waals surface area contributed by atoms with Crippen molar-refractivity contribution in [1.29, 1.82) is 0 Å². The number of aromatic nitrogens is 1. The van der Waals surface area contributed by atoms with Crippen LogP contribution in [0, 0.1) is 6.92 Å². The van der Waals surface area contributed by atoms with Crippen LogP contribution in [0.3, 0.4) is 0 Å². The number of nitrogens with zero attached hydrogens (tertiary/aromatic N) is 2. The molecule has 1 heterocycles. The van der Waals surface area contributed by atoms with Gasteiger partial charge in [0.1, 0.15) is 12.4 Å². The van der Waals surface area contributed by atoms with E-state index in [0.29, 0.717) is 30.9 Å². The number of hydrogen-bond acceptors (Lipinski definition) is 5. The summed E-state index contributed by atoms with van der Waals surface area (Å²) in [5.41, 5.74) is 1.46. The number of aliphatic hydroxyl groups excluding tert-OH is 1. The van der Waals surface area contributed by atoms with E-state index in [1.165, 1.54) is 0 Å². The SMILES string of the molecule is Cc1nc(COc2cccc(C(=O)N(C)CCC(C)O)c2)cs1. The van der Waals surface area contributed by atoms with E-state index in [-0.39, 0.29) is 5.91 Å². The van der Waals surface area contributed by atoms with Gasteiger partial charge in [-0.05, 0) is 38.5 Å². The second-order valence-electron chi connectivity index (χ2n) is 5.54. The van der Waals surface area contributed by atoms with Crippen LogP contribution in [0.2, 0.25) is 0 Å². The number of ether oxygens (including phenoxy) is 1. The molecule has 1 N–H and O–H groups in total. The first-order valence-electron chi connectivity index (χ1n) is 7.53. The van der Waals surface area contributed by atoms with Crippen LogP contribution in [0.25, 0.3) is 0 Å². The topological polar surface area (TPSA) is 62.7 Å². The number of hydrogen-bond donors (Lipinski definition) is 1. The van der Waals surface area contributed by atoms with E-state index in [2.05, 4.69) is 4.98 Å². The molecule has 1 unspecified atom stereocenters. The van der Waals surface area contributed by atoms with E-state index >= 15 is 0 Å². The molecule has 2 aromatic rings. The van der Waals surface area contributed by atoms with Crippen molar-refractivity contribution in [3.63, 3.8) is 0 Å². The fourth-order valence-corrected chi connectivity index (χ4v) is 2.65. The molecule has 0 aliphatic rings. The van der Waals surface area contributed by atoms with Crippen molar-refractivity contribution in [3.05, 3.63) is 45.9 Å². The Morgan fingerprint density at radius 2 is 2.26 bits per heavy atom. The smallest absolute Gasteiger partial charge is 0.253 e. The summed E-state index contributed by atoms with van der Waals surface area (Å²) in [6, 6.07) is 7.13. The highest BCUT2D eigenvalue weighted by molar-refractivity contribution is 7.09. The first-order valence-corrected chi connectivity index (χ1v) is 8.41. The predicted octanol–water partition coefficient (Wildman–Crippen LogP) is 2.87. The standard InChI is InChI=1S/C17H22N2O3S/c1-12(20)7-8-19(3)17(21)14-5-4-6-16(9-14)22-10-15-11-23-13(2)18-15/h4-6,9,11-12,20H,7-8,10H2,1-3H3. The number of carbonyl (C=O) groups is 1. The Hall–Kier alpha value is -1.92. The molecule has 1 aromatic heterocycles. The Balaban J connectivity index is 1.96.